The summed E-state index contributed by atoms with van der Waals surface area (Å²) in [6, 6.07) is 7.56. The second-order valence-corrected chi connectivity index (χ2v) is 11.4. The summed E-state index contributed by atoms with van der Waals surface area (Å²) in [6.45, 7) is 6.39. The van der Waals surface area contributed by atoms with Crippen LogP contribution in [-0.2, 0) is 25.6 Å². The van der Waals surface area contributed by atoms with Crippen LogP contribution >= 0.6 is 23.1 Å². The molecule has 4 rings (SSSR count). The lowest BCUT2D eigenvalue weighted by Crippen LogP contribution is -2.46. The molecule has 0 unspecified atom stereocenters. The molecule has 3 amide bonds. The zero-order chi connectivity index (χ0) is 30.8. The van der Waals surface area contributed by atoms with Crippen molar-refractivity contribution in [2.75, 3.05) is 6.79 Å². The first kappa shape index (κ1) is 31.6. The first-order valence-electron chi connectivity index (χ1n) is 13.5. The van der Waals surface area contributed by atoms with Crippen molar-refractivity contribution in [3.8, 4) is 11.3 Å². The third-order valence-corrected chi connectivity index (χ3v) is 8.20. The fourth-order valence-corrected chi connectivity index (χ4v) is 5.90. The van der Waals surface area contributed by atoms with Gasteiger partial charge in [-0.05, 0) is 80.7 Å². The predicted octanol–water partition coefficient (Wildman–Crippen LogP) is 5.00. The molecule has 1 aliphatic heterocycles. The van der Waals surface area contributed by atoms with E-state index in [4.69, 9.17) is 14.5 Å². The second kappa shape index (κ2) is 15.3. The van der Waals surface area contributed by atoms with Gasteiger partial charge in [0.25, 0.3) is 11.1 Å². The molecule has 0 radical (unpaired) electrons. The number of ether oxygens (including phenoxy) is 2. The van der Waals surface area contributed by atoms with Crippen molar-refractivity contribution in [1.29, 1.82) is 0 Å². The van der Waals surface area contributed by atoms with Gasteiger partial charge >= 0.3 is 12.1 Å². The number of thiophene rings is 1. The van der Waals surface area contributed by atoms with Gasteiger partial charge in [-0.15, -0.1) is 0 Å². The SMILES string of the molecule is C=N\C(=N/C(=C\C)/C=C1\SC(=O)NC1=O)N[C@H]1CC[C@H](N(Cc2cccc(-c3ccsc3)n2)C(=O)OCOC(C)=O)CC1. The van der Waals surface area contributed by atoms with Gasteiger partial charge in [0.05, 0.1) is 28.5 Å². The Morgan fingerprint density at radius 2 is 2.00 bits per heavy atom. The summed E-state index contributed by atoms with van der Waals surface area (Å²) in [5.74, 6) is -0.719. The summed E-state index contributed by atoms with van der Waals surface area (Å²) >= 11 is 2.40. The van der Waals surface area contributed by atoms with E-state index in [2.05, 4.69) is 27.3 Å². The van der Waals surface area contributed by atoms with E-state index in [1.165, 1.54) is 13.0 Å². The van der Waals surface area contributed by atoms with Crippen molar-refractivity contribution in [3.63, 3.8) is 0 Å². The number of pyridine rings is 1. The van der Waals surface area contributed by atoms with Gasteiger partial charge in [0.2, 0.25) is 12.8 Å². The molecule has 2 aliphatic rings. The minimum atomic E-state index is -0.589. The number of thioether (sulfide) groups is 1. The number of aromatic nitrogens is 1. The van der Waals surface area contributed by atoms with Crippen molar-refractivity contribution in [2.45, 2.75) is 58.2 Å². The number of carbonyl (C=O) groups is 4. The van der Waals surface area contributed by atoms with Crippen LogP contribution in [0.5, 0.6) is 0 Å². The van der Waals surface area contributed by atoms with Crippen LogP contribution in [0.2, 0.25) is 0 Å². The Bertz CT molecular complexity index is 1450. The molecule has 3 heterocycles. The van der Waals surface area contributed by atoms with E-state index in [1.54, 1.807) is 29.2 Å². The van der Waals surface area contributed by atoms with E-state index in [1.807, 2.05) is 35.0 Å². The number of nitrogens with one attached hydrogen (secondary N) is 2. The summed E-state index contributed by atoms with van der Waals surface area (Å²) < 4.78 is 10.1. The van der Waals surface area contributed by atoms with Crippen LogP contribution in [0.15, 0.2) is 67.8 Å². The molecule has 2 aromatic heterocycles. The Labute approximate surface area is 257 Å². The van der Waals surface area contributed by atoms with Gasteiger partial charge in [-0.2, -0.15) is 11.3 Å². The number of amides is 3. The lowest BCUT2D eigenvalue weighted by atomic mass is 9.90. The molecule has 0 spiro atoms. The summed E-state index contributed by atoms with van der Waals surface area (Å²) in [6.07, 6.45) is 5.36. The Kier molecular flexibility index (Phi) is 11.2. The van der Waals surface area contributed by atoms with E-state index in [9.17, 15) is 19.2 Å². The maximum Gasteiger partial charge on any atom is 0.413 e. The maximum absolute atomic E-state index is 13.2. The van der Waals surface area contributed by atoms with Crippen LogP contribution in [-0.4, -0.2) is 64.6 Å². The van der Waals surface area contributed by atoms with Crippen LogP contribution in [0.1, 0.15) is 45.2 Å². The number of nitrogens with zero attached hydrogens (tertiary/aromatic N) is 4. The first-order chi connectivity index (χ1) is 20.7. The van der Waals surface area contributed by atoms with Crippen molar-refractivity contribution in [1.82, 2.24) is 20.5 Å². The molecule has 1 saturated heterocycles. The van der Waals surface area contributed by atoms with Gasteiger partial charge in [0.1, 0.15) is 0 Å². The third-order valence-electron chi connectivity index (χ3n) is 6.71. The van der Waals surface area contributed by atoms with Crippen molar-refractivity contribution < 1.29 is 28.7 Å². The summed E-state index contributed by atoms with van der Waals surface area (Å²) in [5.41, 5.74) is 2.99. The minimum absolute atomic E-state index is 0.0101. The Balaban J connectivity index is 1.42. The average Bonchev–Trinajstić information content (AvgIpc) is 3.65. The number of carbonyl (C=O) groups excluding carboxylic acids is 4. The van der Waals surface area contributed by atoms with Crippen LogP contribution in [0.3, 0.4) is 0 Å². The monoisotopic (exact) mass is 624 g/mol. The summed E-state index contributed by atoms with van der Waals surface area (Å²) in [7, 11) is 0. The van der Waals surface area contributed by atoms with Gasteiger partial charge in [0.15, 0.2) is 0 Å². The highest BCUT2D eigenvalue weighted by atomic mass is 32.2. The number of aliphatic imine (C=N–C) groups is 2. The smallest absolute Gasteiger partial charge is 0.413 e. The molecule has 2 fully saturated rings. The standard InChI is InChI=1S/C29H32N6O6S2/c1-4-20(14-25-26(37)34-28(38)43-25)32-27(30-3)33-21-8-10-23(11-9-21)35(29(39)41-17-40-18(2)36)15-22-6-5-7-24(31-22)19-12-13-42-16-19/h4-7,12-14,16,21,23H,3,8-11,15,17H2,1-2H3,(H,32,33)(H,34,37,38)/b20-4-,25-14-/t21-,23-. The number of rotatable bonds is 9. The number of guanidine groups is 1. The number of imide groups is 1. The molecule has 2 N–H and O–H groups in total. The van der Waals surface area contributed by atoms with E-state index >= 15 is 0 Å². The molecule has 14 heteroatoms. The molecular formula is C29H32N6O6S2. The maximum atomic E-state index is 13.2. The minimum Gasteiger partial charge on any atom is -0.428 e. The number of hydrogen-bond donors (Lipinski definition) is 2. The molecule has 43 heavy (non-hydrogen) atoms. The molecule has 226 valence electrons. The van der Waals surface area contributed by atoms with Crippen molar-refractivity contribution >= 4 is 59.0 Å². The predicted molar refractivity (Wildman–Crippen MR) is 165 cm³/mol. The zero-order valence-corrected chi connectivity index (χ0v) is 25.4. The normalized spacial score (nSPS) is 20.0. The molecule has 1 aliphatic carbocycles. The number of esters is 1. The van der Waals surface area contributed by atoms with E-state index < -0.39 is 30.0 Å². The number of hydrogen-bond acceptors (Lipinski definition) is 10. The Morgan fingerprint density at radius 1 is 1.21 bits per heavy atom. The van der Waals surface area contributed by atoms with E-state index in [-0.39, 0.29) is 29.5 Å². The summed E-state index contributed by atoms with van der Waals surface area (Å²) in [4.78, 5) is 62.8. The highest BCUT2D eigenvalue weighted by Gasteiger charge is 2.31. The first-order valence-corrected chi connectivity index (χ1v) is 15.3. The molecule has 0 bridgehead atoms. The Hall–Kier alpha value is -4.30. The van der Waals surface area contributed by atoms with Crippen LogP contribution < -0.4 is 10.6 Å². The summed E-state index contributed by atoms with van der Waals surface area (Å²) in [5, 5.41) is 9.09. The van der Waals surface area contributed by atoms with Crippen molar-refractivity contribution in [2.24, 2.45) is 9.98 Å². The third kappa shape index (κ3) is 9.09. The van der Waals surface area contributed by atoms with E-state index in [0.29, 0.717) is 37.1 Å². The van der Waals surface area contributed by atoms with Crippen LogP contribution in [0.25, 0.3) is 11.3 Å². The average molecular weight is 625 g/mol. The molecule has 0 atom stereocenters. The quantitative estimate of drug-likeness (QED) is 0.129. The van der Waals surface area contributed by atoms with Gasteiger partial charge in [-0.25, -0.2) is 14.8 Å². The van der Waals surface area contributed by atoms with Gasteiger partial charge in [0, 0.05) is 30.0 Å². The lowest BCUT2D eigenvalue weighted by molar-refractivity contribution is -0.149. The zero-order valence-electron chi connectivity index (χ0n) is 23.8. The highest BCUT2D eigenvalue weighted by Crippen LogP contribution is 2.27. The van der Waals surface area contributed by atoms with E-state index in [0.717, 1.165) is 23.0 Å². The van der Waals surface area contributed by atoms with Gasteiger partial charge < -0.3 is 14.8 Å². The molecule has 1 saturated carbocycles. The van der Waals surface area contributed by atoms with Gasteiger partial charge in [-0.3, -0.25) is 29.6 Å². The highest BCUT2D eigenvalue weighted by molar-refractivity contribution is 8.18. The van der Waals surface area contributed by atoms with Crippen LogP contribution in [0, 0.1) is 0 Å². The van der Waals surface area contributed by atoms with Crippen molar-refractivity contribution in [3.05, 3.63) is 63.5 Å². The molecule has 2 aromatic rings. The fourth-order valence-electron chi connectivity index (χ4n) is 4.59. The second-order valence-electron chi connectivity index (χ2n) is 9.63. The lowest BCUT2D eigenvalue weighted by Gasteiger charge is -2.36. The Morgan fingerprint density at radius 3 is 2.63 bits per heavy atom. The van der Waals surface area contributed by atoms with Crippen LogP contribution in [0.4, 0.5) is 9.59 Å². The molecule has 12 nitrogen and oxygen atoms in total. The topological polar surface area (TPSA) is 152 Å². The fraction of sp³-hybridized carbons (Fsp3) is 0.345. The molecular weight excluding hydrogens is 592 g/mol. The number of allylic oxidation sites excluding steroid dienone is 2. The van der Waals surface area contributed by atoms with Gasteiger partial charge in [-0.1, -0.05) is 12.1 Å². The molecule has 0 aromatic carbocycles. The largest absolute Gasteiger partial charge is 0.428 e.